The summed E-state index contributed by atoms with van der Waals surface area (Å²) < 4.78 is 2.18. The van der Waals surface area contributed by atoms with E-state index < -0.39 is 0 Å². The first kappa shape index (κ1) is 17.5. The molecule has 5 nitrogen and oxygen atoms in total. The number of hydrogen-bond donors (Lipinski definition) is 1. The van der Waals surface area contributed by atoms with Crippen molar-refractivity contribution in [2.24, 2.45) is 0 Å². The minimum Gasteiger partial charge on any atom is -0.360 e. The molecule has 5 rings (SSSR count). The Morgan fingerprint density at radius 3 is 2.75 bits per heavy atom. The number of Topliss-reactive ketones (excluding diaryl/α,β-unsaturated/α-hetero) is 1. The lowest BCUT2D eigenvalue weighted by atomic mass is 10.1. The van der Waals surface area contributed by atoms with Crippen molar-refractivity contribution in [3.63, 3.8) is 0 Å². The predicted octanol–water partition coefficient (Wildman–Crippen LogP) is 5.39. The molecule has 0 radical (unpaired) electrons. The van der Waals surface area contributed by atoms with Crippen LogP contribution in [0.1, 0.15) is 29.2 Å². The van der Waals surface area contributed by atoms with E-state index in [0.29, 0.717) is 16.6 Å². The van der Waals surface area contributed by atoms with E-state index >= 15 is 0 Å². The molecule has 0 amide bonds. The minimum absolute atomic E-state index is 0.00501. The van der Waals surface area contributed by atoms with Gasteiger partial charge in [0.15, 0.2) is 16.8 Å². The molecular formula is C21H17ClN4OS. The van der Waals surface area contributed by atoms with Crippen LogP contribution in [-0.4, -0.2) is 31.3 Å². The first-order valence-electron chi connectivity index (χ1n) is 9.14. The van der Waals surface area contributed by atoms with Crippen molar-refractivity contribution in [3.8, 4) is 11.4 Å². The van der Waals surface area contributed by atoms with E-state index in [1.54, 1.807) is 12.1 Å². The van der Waals surface area contributed by atoms with Gasteiger partial charge in [0.25, 0.3) is 0 Å². The summed E-state index contributed by atoms with van der Waals surface area (Å²) in [5.74, 6) is 1.13. The molecule has 1 aliphatic rings. The van der Waals surface area contributed by atoms with Gasteiger partial charge in [0.2, 0.25) is 0 Å². The highest BCUT2D eigenvalue weighted by molar-refractivity contribution is 7.99. The van der Waals surface area contributed by atoms with Gasteiger partial charge in [0, 0.05) is 34.3 Å². The summed E-state index contributed by atoms with van der Waals surface area (Å²) in [7, 11) is 0. The molecule has 2 aromatic heterocycles. The van der Waals surface area contributed by atoms with Crippen molar-refractivity contribution in [3.05, 3.63) is 65.3 Å². The maximum absolute atomic E-state index is 12.6. The zero-order valence-corrected chi connectivity index (χ0v) is 16.5. The van der Waals surface area contributed by atoms with E-state index in [1.807, 2.05) is 30.5 Å². The molecule has 0 bridgehead atoms. The summed E-state index contributed by atoms with van der Waals surface area (Å²) in [6.07, 6.45) is 4.20. The summed E-state index contributed by atoms with van der Waals surface area (Å²) in [6, 6.07) is 15.7. The van der Waals surface area contributed by atoms with E-state index in [-0.39, 0.29) is 11.5 Å². The molecule has 0 aliphatic heterocycles. The number of rotatable bonds is 6. The molecule has 1 aliphatic carbocycles. The Hall–Kier alpha value is -2.57. The van der Waals surface area contributed by atoms with E-state index in [0.717, 1.165) is 40.3 Å². The summed E-state index contributed by atoms with van der Waals surface area (Å²) in [5, 5.41) is 11.3. The average molecular weight is 409 g/mol. The topological polar surface area (TPSA) is 63.6 Å². The number of carbonyl (C=O) groups is 1. The van der Waals surface area contributed by atoms with Crippen molar-refractivity contribution >= 4 is 40.0 Å². The summed E-state index contributed by atoms with van der Waals surface area (Å²) in [5.41, 5.74) is 2.66. The van der Waals surface area contributed by atoms with Gasteiger partial charge < -0.3 is 4.98 Å². The number of ketones is 1. The molecule has 0 unspecified atom stereocenters. The number of fused-ring (bicyclic) bond motifs is 1. The Morgan fingerprint density at radius 1 is 1.14 bits per heavy atom. The van der Waals surface area contributed by atoms with Crippen LogP contribution in [0.4, 0.5) is 0 Å². The van der Waals surface area contributed by atoms with Crippen molar-refractivity contribution in [2.45, 2.75) is 24.0 Å². The van der Waals surface area contributed by atoms with Crippen LogP contribution in [0.5, 0.6) is 0 Å². The molecule has 0 atom stereocenters. The predicted molar refractivity (Wildman–Crippen MR) is 112 cm³/mol. The Balaban J connectivity index is 1.45. The molecule has 140 valence electrons. The number of carbonyl (C=O) groups excluding carboxylic acids is 1. The highest BCUT2D eigenvalue weighted by Gasteiger charge is 2.31. The zero-order chi connectivity index (χ0) is 19.1. The molecule has 0 spiro atoms. The molecule has 28 heavy (non-hydrogen) atoms. The standard InChI is InChI=1S/C21H17ClN4OS/c22-17-7-3-1-6-15(17)19(27)12-28-21-25-24-20(26(21)13-9-10-13)16-11-23-18-8-4-2-5-14(16)18/h1-8,11,13,23H,9-10,12H2. The van der Waals surface area contributed by atoms with Crippen LogP contribution in [0.15, 0.2) is 59.9 Å². The van der Waals surface area contributed by atoms with Gasteiger partial charge in [-0.15, -0.1) is 10.2 Å². The minimum atomic E-state index is -0.00501. The van der Waals surface area contributed by atoms with Gasteiger partial charge in [-0.1, -0.05) is 53.7 Å². The molecular weight excluding hydrogens is 392 g/mol. The number of para-hydroxylation sites is 1. The fraction of sp³-hybridized carbons (Fsp3) is 0.190. The summed E-state index contributed by atoms with van der Waals surface area (Å²) in [4.78, 5) is 15.9. The molecule has 1 fully saturated rings. The first-order chi connectivity index (χ1) is 13.7. The van der Waals surface area contributed by atoms with Crippen molar-refractivity contribution in [1.29, 1.82) is 0 Å². The highest BCUT2D eigenvalue weighted by atomic mass is 35.5. The van der Waals surface area contributed by atoms with Gasteiger partial charge in [-0.2, -0.15) is 0 Å². The summed E-state index contributed by atoms with van der Waals surface area (Å²) in [6.45, 7) is 0. The third-order valence-electron chi connectivity index (χ3n) is 4.91. The number of halogens is 1. The lowest BCUT2D eigenvalue weighted by Gasteiger charge is -2.08. The lowest BCUT2D eigenvalue weighted by molar-refractivity contribution is 0.102. The van der Waals surface area contributed by atoms with Crippen LogP contribution in [0.3, 0.4) is 0 Å². The van der Waals surface area contributed by atoms with E-state index in [2.05, 4.69) is 31.9 Å². The number of nitrogens with one attached hydrogen (secondary N) is 1. The summed E-state index contributed by atoms with van der Waals surface area (Å²) >= 11 is 7.57. The molecule has 1 saturated carbocycles. The monoisotopic (exact) mass is 408 g/mol. The van der Waals surface area contributed by atoms with Crippen molar-refractivity contribution in [2.75, 3.05) is 5.75 Å². The maximum atomic E-state index is 12.6. The van der Waals surface area contributed by atoms with E-state index in [1.165, 1.54) is 11.8 Å². The SMILES string of the molecule is O=C(CSc1nnc(-c2c[nH]c3ccccc23)n1C1CC1)c1ccccc1Cl. The average Bonchev–Trinajstić information content (AvgIpc) is 3.32. The van der Waals surface area contributed by atoms with Gasteiger partial charge in [0.1, 0.15) is 0 Å². The maximum Gasteiger partial charge on any atom is 0.192 e. The highest BCUT2D eigenvalue weighted by Crippen LogP contribution is 2.42. The van der Waals surface area contributed by atoms with Crippen LogP contribution in [-0.2, 0) is 0 Å². The van der Waals surface area contributed by atoms with Gasteiger partial charge >= 0.3 is 0 Å². The van der Waals surface area contributed by atoms with Gasteiger partial charge in [-0.05, 0) is 31.0 Å². The first-order valence-corrected chi connectivity index (χ1v) is 10.5. The third kappa shape index (κ3) is 3.12. The molecule has 4 aromatic rings. The Kier molecular flexibility index (Phi) is 4.45. The van der Waals surface area contributed by atoms with Crippen LogP contribution >= 0.6 is 23.4 Å². The Morgan fingerprint density at radius 2 is 1.93 bits per heavy atom. The number of hydrogen-bond acceptors (Lipinski definition) is 4. The van der Waals surface area contributed by atoms with Crippen molar-refractivity contribution in [1.82, 2.24) is 19.7 Å². The van der Waals surface area contributed by atoms with Crippen LogP contribution in [0.25, 0.3) is 22.3 Å². The van der Waals surface area contributed by atoms with Gasteiger partial charge in [-0.3, -0.25) is 9.36 Å². The number of nitrogens with zero attached hydrogens (tertiary/aromatic N) is 3. The number of aromatic amines is 1. The number of thioether (sulfide) groups is 1. The smallest absolute Gasteiger partial charge is 0.192 e. The van der Waals surface area contributed by atoms with Crippen LogP contribution in [0, 0.1) is 0 Å². The second-order valence-corrected chi connectivity index (χ2v) is 8.20. The molecule has 2 aromatic carbocycles. The number of aromatic nitrogens is 4. The largest absolute Gasteiger partial charge is 0.360 e. The van der Waals surface area contributed by atoms with Gasteiger partial charge in [-0.25, -0.2) is 0 Å². The fourth-order valence-corrected chi connectivity index (χ4v) is 4.50. The Labute approximate surface area is 171 Å². The number of benzene rings is 2. The second-order valence-electron chi connectivity index (χ2n) is 6.85. The molecule has 1 N–H and O–H groups in total. The van der Waals surface area contributed by atoms with Gasteiger partial charge in [0.05, 0.1) is 10.8 Å². The zero-order valence-electron chi connectivity index (χ0n) is 14.9. The Bertz CT molecular complexity index is 1180. The van der Waals surface area contributed by atoms with Crippen LogP contribution < -0.4 is 0 Å². The quantitative estimate of drug-likeness (QED) is 0.343. The van der Waals surface area contributed by atoms with E-state index in [4.69, 9.17) is 11.6 Å². The number of H-pyrrole nitrogens is 1. The van der Waals surface area contributed by atoms with Crippen LogP contribution in [0.2, 0.25) is 5.02 Å². The third-order valence-corrected chi connectivity index (χ3v) is 6.19. The lowest BCUT2D eigenvalue weighted by Crippen LogP contribution is -2.05. The second kappa shape index (κ2) is 7.11. The van der Waals surface area contributed by atoms with Crippen molar-refractivity contribution < 1.29 is 4.79 Å². The molecule has 0 saturated heterocycles. The normalized spacial score (nSPS) is 13.9. The van der Waals surface area contributed by atoms with E-state index in [9.17, 15) is 4.79 Å². The molecule has 7 heteroatoms. The molecule has 2 heterocycles. The fourth-order valence-electron chi connectivity index (χ4n) is 3.37.